The van der Waals surface area contributed by atoms with E-state index in [0.717, 1.165) is 0 Å². The second kappa shape index (κ2) is 8.88. The van der Waals surface area contributed by atoms with Gasteiger partial charge in [0, 0.05) is 12.8 Å². The van der Waals surface area contributed by atoms with Crippen molar-refractivity contribution in [2.24, 2.45) is 0 Å². The minimum atomic E-state index is -0.624. The molecule has 0 radical (unpaired) electrons. The Morgan fingerprint density at radius 3 is 2.35 bits per heavy atom. The molecule has 0 atom stereocenters. The maximum atomic E-state index is 13.4. The summed E-state index contributed by atoms with van der Waals surface area (Å²) in [6.07, 6.45) is 1.46. The molecule has 0 amide bonds. The number of ether oxygens (including phenoxy) is 2. The Labute approximate surface area is 175 Å². The van der Waals surface area contributed by atoms with Gasteiger partial charge in [0.1, 0.15) is 23.1 Å². The van der Waals surface area contributed by atoms with Gasteiger partial charge in [-0.1, -0.05) is 12.1 Å². The predicted octanol–water partition coefficient (Wildman–Crippen LogP) is 4.63. The molecule has 158 valence electrons. The highest BCUT2D eigenvalue weighted by Crippen LogP contribution is 2.30. The van der Waals surface area contributed by atoms with Gasteiger partial charge in [-0.3, -0.25) is 0 Å². The van der Waals surface area contributed by atoms with Gasteiger partial charge in [0.15, 0.2) is 6.73 Å². The van der Waals surface area contributed by atoms with Crippen molar-refractivity contribution in [3.8, 4) is 34.3 Å². The van der Waals surface area contributed by atoms with Crippen molar-refractivity contribution in [1.82, 2.24) is 14.7 Å². The SMILES string of the molecule is CCOCn1oc(=O)c(-c2ccc(F)cc2)c1-c1ccnc(Oc2ccc(F)cc2)n1. The van der Waals surface area contributed by atoms with E-state index >= 15 is 0 Å². The van der Waals surface area contributed by atoms with E-state index < -0.39 is 17.3 Å². The second-order valence-corrected chi connectivity index (χ2v) is 6.39. The molecule has 0 saturated carbocycles. The maximum absolute atomic E-state index is 13.4. The van der Waals surface area contributed by atoms with Gasteiger partial charge in [0.2, 0.25) is 0 Å². The number of nitrogens with zero attached hydrogens (tertiary/aromatic N) is 3. The first-order chi connectivity index (χ1) is 15.0. The van der Waals surface area contributed by atoms with E-state index in [9.17, 15) is 13.6 Å². The Hall–Kier alpha value is -3.85. The van der Waals surface area contributed by atoms with Crippen molar-refractivity contribution in [2.75, 3.05) is 6.61 Å². The highest BCUT2D eigenvalue weighted by molar-refractivity contribution is 5.78. The third-order valence-corrected chi connectivity index (χ3v) is 4.33. The molecule has 2 aromatic carbocycles. The summed E-state index contributed by atoms with van der Waals surface area (Å²) in [7, 11) is 0. The van der Waals surface area contributed by atoms with E-state index in [1.807, 2.05) is 6.92 Å². The molecule has 0 unspecified atom stereocenters. The lowest BCUT2D eigenvalue weighted by atomic mass is 10.0. The zero-order valence-electron chi connectivity index (χ0n) is 16.4. The number of rotatable bonds is 7. The Kier molecular flexibility index (Phi) is 5.85. The van der Waals surface area contributed by atoms with Crippen LogP contribution in [-0.2, 0) is 11.5 Å². The van der Waals surface area contributed by atoms with Gasteiger partial charge in [-0.15, -0.1) is 0 Å². The van der Waals surface area contributed by atoms with Gasteiger partial charge in [0.05, 0.1) is 11.3 Å². The van der Waals surface area contributed by atoms with Gasteiger partial charge >= 0.3 is 11.6 Å². The van der Waals surface area contributed by atoms with Crippen LogP contribution < -0.4 is 10.4 Å². The van der Waals surface area contributed by atoms with Crippen molar-refractivity contribution in [3.63, 3.8) is 0 Å². The summed E-state index contributed by atoms with van der Waals surface area (Å²) in [5.74, 6) is -0.485. The summed E-state index contributed by atoms with van der Waals surface area (Å²) >= 11 is 0. The number of benzene rings is 2. The van der Waals surface area contributed by atoms with E-state index in [4.69, 9.17) is 14.0 Å². The average molecular weight is 425 g/mol. The molecule has 0 spiro atoms. The van der Waals surface area contributed by atoms with Crippen LogP contribution in [0.3, 0.4) is 0 Å². The molecular formula is C22H17F2N3O4. The normalized spacial score (nSPS) is 10.9. The molecular weight excluding hydrogens is 408 g/mol. The molecule has 0 aliphatic rings. The van der Waals surface area contributed by atoms with E-state index in [2.05, 4.69) is 9.97 Å². The smallest absolute Gasteiger partial charge is 0.366 e. The van der Waals surface area contributed by atoms with Crippen LogP contribution in [0.25, 0.3) is 22.5 Å². The molecule has 7 nitrogen and oxygen atoms in total. The van der Waals surface area contributed by atoms with Gasteiger partial charge in [-0.05, 0) is 55.0 Å². The first-order valence-corrected chi connectivity index (χ1v) is 9.40. The summed E-state index contributed by atoms with van der Waals surface area (Å²) in [4.78, 5) is 21.1. The van der Waals surface area contributed by atoms with Crippen LogP contribution in [-0.4, -0.2) is 21.3 Å². The lowest BCUT2D eigenvalue weighted by Crippen LogP contribution is -2.04. The fourth-order valence-corrected chi connectivity index (χ4v) is 2.93. The molecule has 4 rings (SSSR count). The standard InChI is InChI=1S/C22H17F2N3O4/c1-2-29-13-27-20(19(21(28)31-27)14-3-5-15(23)6-4-14)18-11-12-25-22(26-18)30-17-9-7-16(24)8-10-17/h3-12H,2,13H2,1H3. The minimum Gasteiger partial charge on any atom is -0.424 e. The van der Waals surface area contributed by atoms with Crippen LogP contribution in [0, 0.1) is 11.6 Å². The quantitative estimate of drug-likeness (QED) is 0.430. The van der Waals surface area contributed by atoms with Crippen molar-refractivity contribution >= 4 is 0 Å². The van der Waals surface area contributed by atoms with E-state index in [-0.39, 0.29) is 18.3 Å². The van der Waals surface area contributed by atoms with Crippen LogP contribution in [0.2, 0.25) is 0 Å². The zero-order chi connectivity index (χ0) is 21.8. The van der Waals surface area contributed by atoms with Crippen LogP contribution in [0.4, 0.5) is 8.78 Å². The highest BCUT2D eigenvalue weighted by Gasteiger charge is 2.22. The lowest BCUT2D eigenvalue weighted by molar-refractivity contribution is 0.0314. The molecule has 4 aromatic rings. The fourth-order valence-electron chi connectivity index (χ4n) is 2.93. The summed E-state index contributed by atoms with van der Waals surface area (Å²) in [5, 5.41) is 0. The molecule has 9 heteroatoms. The number of hydrogen-bond acceptors (Lipinski definition) is 6. The van der Waals surface area contributed by atoms with Gasteiger partial charge < -0.3 is 14.0 Å². The largest absolute Gasteiger partial charge is 0.424 e. The third-order valence-electron chi connectivity index (χ3n) is 4.33. The molecule has 0 N–H and O–H groups in total. The Bertz CT molecular complexity index is 1240. The molecule has 0 saturated heterocycles. The lowest BCUT2D eigenvalue weighted by Gasteiger charge is -2.09. The van der Waals surface area contributed by atoms with E-state index in [1.165, 1.54) is 59.5 Å². The third kappa shape index (κ3) is 4.51. The monoisotopic (exact) mass is 425 g/mol. The van der Waals surface area contributed by atoms with Crippen molar-refractivity contribution < 1.29 is 22.8 Å². The number of hydrogen-bond donors (Lipinski definition) is 0. The van der Waals surface area contributed by atoms with Crippen molar-refractivity contribution in [2.45, 2.75) is 13.7 Å². The molecule has 2 aromatic heterocycles. The second-order valence-electron chi connectivity index (χ2n) is 6.39. The summed E-state index contributed by atoms with van der Waals surface area (Å²) < 4.78 is 44.2. The molecule has 31 heavy (non-hydrogen) atoms. The molecule has 0 aliphatic heterocycles. The fraction of sp³-hybridized carbons (Fsp3) is 0.136. The first-order valence-electron chi connectivity index (χ1n) is 9.40. The Morgan fingerprint density at radius 1 is 1.00 bits per heavy atom. The summed E-state index contributed by atoms with van der Waals surface area (Å²) in [6, 6.07) is 12.4. The first kappa shape index (κ1) is 20.4. The van der Waals surface area contributed by atoms with Gasteiger partial charge in [-0.25, -0.2) is 18.6 Å². The van der Waals surface area contributed by atoms with E-state index in [1.54, 1.807) is 6.07 Å². The van der Waals surface area contributed by atoms with E-state index in [0.29, 0.717) is 29.3 Å². The summed E-state index contributed by atoms with van der Waals surface area (Å²) in [5.41, 5.74) is 0.695. The van der Waals surface area contributed by atoms with Gasteiger partial charge in [0.25, 0.3) is 0 Å². The zero-order valence-corrected chi connectivity index (χ0v) is 16.4. The topological polar surface area (TPSA) is 79.4 Å². The average Bonchev–Trinajstić information content (AvgIpc) is 3.10. The minimum absolute atomic E-state index is 0.00854. The molecule has 0 aliphatic carbocycles. The van der Waals surface area contributed by atoms with Crippen LogP contribution in [0.5, 0.6) is 11.8 Å². The highest BCUT2D eigenvalue weighted by atomic mass is 19.1. The molecule has 0 fully saturated rings. The van der Waals surface area contributed by atoms with Crippen molar-refractivity contribution in [1.29, 1.82) is 0 Å². The van der Waals surface area contributed by atoms with Crippen LogP contribution in [0.1, 0.15) is 6.92 Å². The maximum Gasteiger partial charge on any atom is 0.366 e. The van der Waals surface area contributed by atoms with Crippen LogP contribution in [0.15, 0.2) is 70.1 Å². The number of aromatic nitrogens is 3. The molecule has 0 bridgehead atoms. The summed E-state index contributed by atoms with van der Waals surface area (Å²) in [6.45, 7) is 2.18. The Balaban J connectivity index is 1.79. The number of halogens is 2. The van der Waals surface area contributed by atoms with Crippen molar-refractivity contribution in [3.05, 3.63) is 82.8 Å². The van der Waals surface area contributed by atoms with Gasteiger partial charge in [-0.2, -0.15) is 9.72 Å². The Morgan fingerprint density at radius 2 is 1.68 bits per heavy atom. The molecule has 2 heterocycles. The predicted molar refractivity (Wildman–Crippen MR) is 107 cm³/mol. The van der Waals surface area contributed by atoms with Crippen LogP contribution >= 0.6 is 0 Å².